The minimum atomic E-state index is -0.255. The van der Waals surface area contributed by atoms with Gasteiger partial charge >= 0.3 is 0 Å². The van der Waals surface area contributed by atoms with Crippen molar-refractivity contribution in [2.24, 2.45) is 0 Å². The van der Waals surface area contributed by atoms with Crippen molar-refractivity contribution in [3.05, 3.63) is 81.4 Å². The van der Waals surface area contributed by atoms with Gasteiger partial charge in [-0.1, -0.05) is 40.9 Å². The monoisotopic (exact) mass is 391 g/mol. The summed E-state index contributed by atoms with van der Waals surface area (Å²) in [5.74, 6) is 0.355. The lowest BCUT2D eigenvalue weighted by Gasteiger charge is -2.09. The van der Waals surface area contributed by atoms with Crippen molar-refractivity contribution in [3.63, 3.8) is 0 Å². The topological polar surface area (TPSA) is 54.0 Å². The van der Waals surface area contributed by atoms with E-state index in [2.05, 4.69) is 15.6 Å². The number of halogens is 3. The molecule has 0 unspecified atom stereocenters. The third kappa shape index (κ3) is 4.63. The summed E-state index contributed by atoms with van der Waals surface area (Å²) in [4.78, 5) is 16.4. The van der Waals surface area contributed by atoms with Crippen molar-refractivity contribution in [1.29, 1.82) is 0 Å². The number of nitrogens with one attached hydrogen (secondary N) is 2. The van der Waals surface area contributed by atoms with Gasteiger partial charge in [0.05, 0.1) is 21.9 Å². The van der Waals surface area contributed by atoms with Crippen molar-refractivity contribution in [2.75, 3.05) is 10.6 Å². The highest BCUT2D eigenvalue weighted by Crippen LogP contribution is 2.26. The van der Waals surface area contributed by atoms with E-state index in [1.807, 2.05) is 0 Å². The number of carbonyl (C=O) groups excluding carboxylic acids is 1. The lowest BCUT2D eigenvalue weighted by molar-refractivity contribution is 0.102. The Morgan fingerprint density at radius 3 is 2.36 bits per heavy atom. The Bertz CT molecular complexity index is 914. The van der Waals surface area contributed by atoms with Gasteiger partial charge in [0, 0.05) is 16.3 Å². The zero-order chi connectivity index (χ0) is 17.8. The second-order valence-electron chi connectivity index (χ2n) is 5.15. The van der Waals surface area contributed by atoms with E-state index >= 15 is 0 Å². The first-order valence-corrected chi connectivity index (χ1v) is 8.40. The van der Waals surface area contributed by atoms with Gasteiger partial charge in [-0.05, 0) is 48.5 Å². The summed E-state index contributed by atoms with van der Waals surface area (Å²) in [7, 11) is 0. The molecule has 126 valence electrons. The maximum atomic E-state index is 12.2. The summed E-state index contributed by atoms with van der Waals surface area (Å²) in [6.07, 6.45) is 1.56. The number of hydrogen-bond donors (Lipinski definition) is 2. The number of carbonyl (C=O) groups is 1. The van der Waals surface area contributed by atoms with Gasteiger partial charge < -0.3 is 10.6 Å². The molecule has 1 aromatic heterocycles. The summed E-state index contributed by atoms with van der Waals surface area (Å²) in [6.45, 7) is 0. The third-order valence-corrected chi connectivity index (χ3v) is 4.27. The first-order chi connectivity index (χ1) is 12.0. The van der Waals surface area contributed by atoms with E-state index in [1.54, 1.807) is 60.8 Å². The second-order valence-corrected chi connectivity index (χ2v) is 6.40. The summed E-state index contributed by atoms with van der Waals surface area (Å²) < 4.78 is 0. The Labute approximate surface area is 159 Å². The average Bonchev–Trinajstić information content (AvgIpc) is 2.60. The highest BCUT2D eigenvalue weighted by molar-refractivity contribution is 6.42. The quantitative estimate of drug-likeness (QED) is 0.569. The molecule has 0 saturated carbocycles. The van der Waals surface area contributed by atoms with Crippen LogP contribution < -0.4 is 10.6 Å². The Morgan fingerprint density at radius 2 is 1.68 bits per heavy atom. The highest BCUT2D eigenvalue weighted by Gasteiger charge is 2.07. The van der Waals surface area contributed by atoms with Crippen LogP contribution in [0.4, 0.5) is 17.2 Å². The van der Waals surface area contributed by atoms with E-state index in [4.69, 9.17) is 34.8 Å². The van der Waals surface area contributed by atoms with Crippen LogP contribution in [0.15, 0.2) is 60.8 Å². The number of nitrogens with zero attached hydrogens (tertiary/aromatic N) is 1. The number of pyridine rings is 1. The van der Waals surface area contributed by atoms with Crippen LogP contribution in [0.2, 0.25) is 15.1 Å². The molecule has 3 rings (SSSR count). The van der Waals surface area contributed by atoms with Crippen LogP contribution in [-0.2, 0) is 0 Å². The van der Waals surface area contributed by atoms with Crippen molar-refractivity contribution < 1.29 is 4.79 Å². The minimum absolute atomic E-state index is 0.255. The van der Waals surface area contributed by atoms with Crippen LogP contribution in [0, 0.1) is 0 Å². The number of anilines is 3. The molecule has 2 aromatic carbocycles. The van der Waals surface area contributed by atoms with Crippen molar-refractivity contribution in [3.8, 4) is 0 Å². The molecule has 0 radical (unpaired) electrons. The van der Waals surface area contributed by atoms with Gasteiger partial charge in [-0.15, -0.1) is 0 Å². The summed E-state index contributed by atoms with van der Waals surface area (Å²) >= 11 is 17.8. The molecule has 0 fully saturated rings. The molecule has 4 nitrogen and oxygen atoms in total. The highest BCUT2D eigenvalue weighted by atomic mass is 35.5. The molecule has 0 aliphatic rings. The number of aromatic nitrogens is 1. The maximum Gasteiger partial charge on any atom is 0.255 e. The molecule has 0 atom stereocenters. The van der Waals surface area contributed by atoms with E-state index in [-0.39, 0.29) is 5.91 Å². The van der Waals surface area contributed by atoms with Crippen LogP contribution in [0.3, 0.4) is 0 Å². The number of hydrogen-bond acceptors (Lipinski definition) is 3. The Morgan fingerprint density at radius 1 is 0.880 bits per heavy atom. The standard InChI is InChI=1S/C18H12Cl3N3O/c19-12-3-1-2-11(8-12)18(25)24-14-5-7-17(22-10-14)23-13-4-6-15(20)16(21)9-13/h1-10H,(H,22,23)(H,24,25). The van der Waals surface area contributed by atoms with E-state index in [9.17, 15) is 4.79 Å². The Kier molecular flexibility index (Phi) is 5.43. The summed E-state index contributed by atoms with van der Waals surface area (Å²) in [5, 5.41) is 7.32. The molecule has 7 heteroatoms. The van der Waals surface area contributed by atoms with Gasteiger partial charge in [-0.3, -0.25) is 4.79 Å². The molecule has 0 aliphatic heterocycles. The molecule has 1 heterocycles. The zero-order valence-electron chi connectivity index (χ0n) is 12.8. The van der Waals surface area contributed by atoms with E-state index in [0.29, 0.717) is 32.1 Å². The fourth-order valence-electron chi connectivity index (χ4n) is 2.10. The SMILES string of the molecule is O=C(Nc1ccc(Nc2ccc(Cl)c(Cl)c2)nc1)c1cccc(Cl)c1. The lowest BCUT2D eigenvalue weighted by atomic mass is 10.2. The van der Waals surface area contributed by atoms with Crippen molar-refractivity contribution in [2.45, 2.75) is 0 Å². The average molecular weight is 393 g/mol. The first-order valence-electron chi connectivity index (χ1n) is 7.26. The first kappa shape index (κ1) is 17.5. The van der Waals surface area contributed by atoms with Crippen LogP contribution in [-0.4, -0.2) is 10.9 Å². The largest absolute Gasteiger partial charge is 0.340 e. The fraction of sp³-hybridized carbons (Fsp3) is 0. The molecular formula is C18H12Cl3N3O. The lowest BCUT2D eigenvalue weighted by Crippen LogP contribution is -2.12. The van der Waals surface area contributed by atoms with Gasteiger partial charge in [0.25, 0.3) is 5.91 Å². The molecular weight excluding hydrogens is 381 g/mol. The molecule has 0 saturated heterocycles. The van der Waals surface area contributed by atoms with Crippen LogP contribution in [0.1, 0.15) is 10.4 Å². The summed E-state index contributed by atoms with van der Waals surface area (Å²) in [6, 6.07) is 15.4. The smallest absolute Gasteiger partial charge is 0.255 e. The van der Waals surface area contributed by atoms with Gasteiger partial charge in [0.2, 0.25) is 0 Å². The number of rotatable bonds is 4. The van der Waals surface area contributed by atoms with Gasteiger partial charge in [-0.2, -0.15) is 0 Å². The van der Waals surface area contributed by atoms with Gasteiger partial charge in [0.1, 0.15) is 5.82 Å². The minimum Gasteiger partial charge on any atom is -0.340 e. The normalized spacial score (nSPS) is 10.4. The van der Waals surface area contributed by atoms with E-state index in [0.717, 1.165) is 5.69 Å². The fourth-order valence-corrected chi connectivity index (χ4v) is 2.58. The maximum absolute atomic E-state index is 12.2. The van der Waals surface area contributed by atoms with Crippen LogP contribution in [0.25, 0.3) is 0 Å². The molecule has 3 aromatic rings. The van der Waals surface area contributed by atoms with Crippen LogP contribution >= 0.6 is 34.8 Å². The third-order valence-electron chi connectivity index (χ3n) is 3.30. The van der Waals surface area contributed by atoms with Crippen molar-refractivity contribution in [1.82, 2.24) is 4.98 Å². The Balaban J connectivity index is 1.67. The zero-order valence-corrected chi connectivity index (χ0v) is 15.0. The van der Waals surface area contributed by atoms with Gasteiger partial charge in [0.15, 0.2) is 0 Å². The predicted molar refractivity (Wildman–Crippen MR) is 103 cm³/mol. The molecule has 1 amide bonds. The van der Waals surface area contributed by atoms with E-state index in [1.165, 1.54) is 0 Å². The molecule has 0 spiro atoms. The van der Waals surface area contributed by atoms with E-state index < -0.39 is 0 Å². The molecule has 25 heavy (non-hydrogen) atoms. The number of amides is 1. The van der Waals surface area contributed by atoms with Crippen molar-refractivity contribution >= 4 is 57.9 Å². The Hall–Kier alpha value is -2.27. The second kappa shape index (κ2) is 7.74. The number of benzene rings is 2. The predicted octanol–water partition coefficient (Wildman–Crippen LogP) is 6.04. The summed E-state index contributed by atoms with van der Waals surface area (Å²) in [5.41, 5.74) is 1.81. The van der Waals surface area contributed by atoms with Crippen LogP contribution in [0.5, 0.6) is 0 Å². The molecule has 0 bridgehead atoms. The van der Waals surface area contributed by atoms with Gasteiger partial charge in [-0.25, -0.2) is 4.98 Å². The molecule has 0 aliphatic carbocycles. The molecule has 2 N–H and O–H groups in total.